The molecule has 118 valence electrons. The molecule has 6 nitrogen and oxygen atoms in total. The molecule has 0 aliphatic carbocycles. The number of hydrogen-bond donors (Lipinski definition) is 1. The maximum absolute atomic E-state index is 11.7. The van der Waals surface area contributed by atoms with Crippen LogP contribution < -0.4 is 5.32 Å². The lowest BCUT2D eigenvalue weighted by Crippen LogP contribution is -2.30. The maximum atomic E-state index is 11.7. The molecule has 0 saturated carbocycles. The van der Waals surface area contributed by atoms with E-state index < -0.39 is 9.84 Å². The number of aromatic nitrogens is 2. The van der Waals surface area contributed by atoms with Crippen molar-refractivity contribution in [2.75, 3.05) is 18.2 Å². The summed E-state index contributed by atoms with van der Waals surface area (Å²) in [6.45, 7) is 2.84. The number of benzene rings is 1. The van der Waals surface area contributed by atoms with Crippen molar-refractivity contribution in [3.63, 3.8) is 0 Å². The molecule has 1 fully saturated rings. The molecule has 22 heavy (non-hydrogen) atoms. The van der Waals surface area contributed by atoms with Crippen LogP contribution in [0.2, 0.25) is 0 Å². The Morgan fingerprint density at radius 3 is 2.86 bits per heavy atom. The predicted molar refractivity (Wildman–Crippen MR) is 84.7 cm³/mol. The average molecular weight is 321 g/mol. The first-order chi connectivity index (χ1) is 10.4. The second-order valence-corrected chi connectivity index (χ2v) is 7.67. The van der Waals surface area contributed by atoms with E-state index in [1.165, 1.54) is 12.6 Å². The number of fused-ring (bicyclic) bond motifs is 1. The van der Waals surface area contributed by atoms with Gasteiger partial charge in [0.15, 0.2) is 9.84 Å². The molecule has 2 aromatic rings. The monoisotopic (exact) mass is 321 g/mol. The molecule has 1 saturated heterocycles. The SMILES string of the molecule is CC(Nc1ncnc2ccc(S(C)(=O)=O)cc12)C1CCCO1. The number of nitrogens with zero attached hydrogens (tertiary/aromatic N) is 2. The molecule has 0 amide bonds. The van der Waals surface area contributed by atoms with Gasteiger partial charge in [-0.1, -0.05) is 0 Å². The maximum Gasteiger partial charge on any atom is 0.175 e. The highest BCUT2D eigenvalue weighted by Crippen LogP contribution is 2.25. The summed E-state index contributed by atoms with van der Waals surface area (Å²) in [5.74, 6) is 0.638. The van der Waals surface area contributed by atoms with Crippen LogP contribution in [0.25, 0.3) is 10.9 Å². The van der Waals surface area contributed by atoms with Gasteiger partial charge < -0.3 is 10.1 Å². The van der Waals surface area contributed by atoms with Gasteiger partial charge in [-0.15, -0.1) is 0 Å². The molecule has 3 rings (SSSR count). The molecule has 2 atom stereocenters. The van der Waals surface area contributed by atoms with Crippen molar-refractivity contribution in [1.29, 1.82) is 0 Å². The Balaban J connectivity index is 1.97. The van der Waals surface area contributed by atoms with Crippen LogP contribution in [0.15, 0.2) is 29.4 Å². The van der Waals surface area contributed by atoms with Crippen LogP contribution in [0.3, 0.4) is 0 Å². The Bertz CT molecular complexity index is 786. The number of sulfone groups is 1. The van der Waals surface area contributed by atoms with Crippen LogP contribution in [0, 0.1) is 0 Å². The fourth-order valence-corrected chi connectivity index (χ4v) is 3.33. The van der Waals surface area contributed by atoms with Crippen molar-refractivity contribution in [3.05, 3.63) is 24.5 Å². The lowest BCUT2D eigenvalue weighted by molar-refractivity contribution is 0.0996. The molecule has 0 bridgehead atoms. The number of anilines is 1. The molecule has 0 radical (unpaired) electrons. The van der Waals surface area contributed by atoms with Gasteiger partial charge in [-0.05, 0) is 38.0 Å². The number of rotatable bonds is 4. The molecule has 2 heterocycles. The lowest BCUT2D eigenvalue weighted by atomic mass is 10.1. The van der Waals surface area contributed by atoms with E-state index in [0.717, 1.165) is 19.4 Å². The summed E-state index contributed by atoms with van der Waals surface area (Å²) >= 11 is 0. The van der Waals surface area contributed by atoms with Crippen molar-refractivity contribution in [3.8, 4) is 0 Å². The number of nitrogens with one attached hydrogen (secondary N) is 1. The first-order valence-corrected chi connectivity index (χ1v) is 9.17. The van der Waals surface area contributed by atoms with Crippen molar-refractivity contribution in [2.45, 2.75) is 36.8 Å². The van der Waals surface area contributed by atoms with Crippen molar-refractivity contribution in [2.24, 2.45) is 0 Å². The van der Waals surface area contributed by atoms with E-state index in [9.17, 15) is 8.42 Å². The quantitative estimate of drug-likeness (QED) is 0.928. The Kier molecular flexibility index (Phi) is 4.01. The highest BCUT2D eigenvalue weighted by Gasteiger charge is 2.23. The van der Waals surface area contributed by atoms with Gasteiger partial charge in [0.05, 0.1) is 22.6 Å². The molecule has 1 aromatic carbocycles. The fourth-order valence-electron chi connectivity index (χ4n) is 2.69. The van der Waals surface area contributed by atoms with E-state index in [1.807, 2.05) is 6.92 Å². The zero-order valence-electron chi connectivity index (χ0n) is 12.6. The summed E-state index contributed by atoms with van der Waals surface area (Å²) in [4.78, 5) is 8.73. The summed E-state index contributed by atoms with van der Waals surface area (Å²) in [5.41, 5.74) is 0.712. The minimum Gasteiger partial charge on any atom is -0.376 e. The van der Waals surface area contributed by atoms with Crippen LogP contribution in [-0.2, 0) is 14.6 Å². The summed E-state index contributed by atoms with van der Waals surface area (Å²) in [6, 6.07) is 4.99. The predicted octanol–water partition coefficient (Wildman–Crippen LogP) is 2.01. The van der Waals surface area contributed by atoms with E-state index >= 15 is 0 Å². The lowest BCUT2D eigenvalue weighted by Gasteiger charge is -2.21. The highest BCUT2D eigenvalue weighted by atomic mass is 32.2. The Hall–Kier alpha value is -1.73. The zero-order chi connectivity index (χ0) is 15.7. The molecule has 2 unspecified atom stereocenters. The first kappa shape index (κ1) is 15.2. The molecular weight excluding hydrogens is 302 g/mol. The van der Waals surface area contributed by atoms with Gasteiger partial charge in [0, 0.05) is 18.2 Å². The summed E-state index contributed by atoms with van der Waals surface area (Å²) in [6.07, 6.45) is 4.92. The van der Waals surface area contributed by atoms with Gasteiger partial charge >= 0.3 is 0 Å². The van der Waals surface area contributed by atoms with Crippen LogP contribution in [0.4, 0.5) is 5.82 Å². The van der Waals surface area contributed by atoms with Crippen molar-refractivity contribution < 1.29 is 13.2 Å². The van der Waals surface area contributed by atoms with E-state index in [4.69, 9.17) is 4.74 Å². The third-order valence-electron chi connectivity index (χ3n) is 3.92. The van der Waals surface area contributed by atoms with Crippen LogP contribution in [0.1, 0.15) is 19.8 Å². The molecule has 7 heteroatoms. The third-order valence-corrected chi connectivity index (χ3v) is 5.03. The smallest absolute Gasteiger partial charge is 0.175 e. The van der Waals surface area contributed by atoms with Gasteiger partial charge in [-0.3, -0.25) is 0 Å². The molecule has 0 spiro atoms. The molecular formula is C15H19N3O3S. The van der Waals surface area contributed by atoms with Crippen LogP contribution >= 0.6 is 0 Å². The summed E-state index contributed by atoms with van der Waals surface area (Å²) in [7, 11) is -3.26. The average Bonchev–Trinajstić information content (AvgIpc) is 3.00. The topological polar surface area (TPSA) is 81.2 Å². The fraction of sp³-hybridized carbons (Fsp3) is 0.467. The standard InChI is InChI=1S/C15H19N3O3S/c1-10(14-4-3-7-21-14)18-15-12-8-11(22(2,19)20)5-6-13(12)16-9-17-15/h5-6,8-10,14H,3-4,7H2,1-2H3,(H,16,17,18). The Labute approximate surface area is 129 Å². The first-order valence-electron chi connectivity index (χ1n) is 7.28. The number of hydrogen-bond acceptors (Lipinski definition) is 6. The van der Waals surface area contributed by atoms with Gasteiger partial charge in [0.1, 0.15) is 12.1 Å². The van der Waals surface area contributed by atoms with Crippen molar-refractivity contribution >= 4 is 26.6 Å². The van der Waals surface area contributed by atoms with Gasteiger partial charge in [0.25, 0.3) is 0 Å². The second-order valence-electron chi connectivity index (χ2n) is 5.66. The van der Waals surface area contributed by atoms with Gasteiger partial charge in [-0.25, -0.2) is 18.4 Å². The largest absolute Gasteiger partial charge is 0.376 e. The van der Waals surface area contributed by atoms with Crippen LogP contribution in [-0.4, -0.2) is 43.4 Å². The molecule has 1 aliphatic rings. The number of ether oxygens (including phenoxy) is 1. The zero-order valence-corrected chi connectivity index (χ0v) is 13.4. The van der Waals surface area contributed by atoms with E-state index in [2.05, 4.69) is 15.3 Å². The minimum absolute atomic E-state index is 0.0995. The van der Waals surface area contributed by atoms with E-state index in [1.54, 1.807) is 18.2 Å². The van der Waals surface area contributed by atoms with Gasteiger partial charge in [-0.2, -0.15) is 0 Å². The van der Waals surface area contributed by atoms with Crippen LogP contribution in [0.5, 0.6) is 0 Å². The molecule has 1 N–H and O–H groups in total. The summed E-state index contributed by atoms with van der Waals surface area (Å²) < 4.78 is 29.2. The Morgan fingerprint density at radius 1 is 1.36 bits per heavy atom. The normalized spacial score (nSPS) is 20.2. The Morgan fingerprint density at radius 2 is 2.18 bits per heavy atom. The molecule has 1 aliphatic heterocycles. The van der Waals surface area contributed by atoms with E-state index in [0.29, 0.717) is 16.7 Å². The van der Waals surface area contributed by atoms with Gasteiger partial charge in [0.2, 0.25) is 0 Å². The minimum atomic E-state index is -3.26. The van der Waals surface area contributed by atoms with E-state index in [-0.39, 0.29) is 17.0 Å². The second kappa shape index (κ2) is 5.81. The van der Waals surface area contributed by atoms with Crippen molar-refractivity contribution in [1.82, 2.24) is 9.97 Å². The summed E-state index contributed by atoms with van der Waals surface area (Å²) in [5, 5.41) is 4.04. The molecule has 1 aromatic heterocycles. The highest BCUT2D eigenvalue weighted by molar-refractivity contribution is 7.90. The third kappa shape index (κ3) is 3.05.